The lowest BCUT2D eigenvalue weighted by Crippen LogP contribution is -2.38. The maximum atomic E-state index is 10.1. The van der Waals surface area contributed by atoms with E-state index >= 15 is 0 Å². The van der Waals surface area contributed by atoms with Crippen molar-refractivity contribution in [2.24, 2.45) is 5.92 Å². The van der Waals surface area contributed by atoms with E-state index in [1.807, 2.05) is 19.1 Å². The van der Waals surface area contributed by atoms with E-state index in [4.69, 9.17) is 4.98 Å². The number of anilines is 1. The van der Waals surface area contributed by atoms with Gasteiger partial charge in [0.05, 0.1) is 21.8 Å². The van der Waals surface area contributed by atoms with Crippen LogP contribution in [0.1, 0.15) is 44.0 Å². The molecule has 0 radical (unpaired) electrons. The fourth-order valence-corrected chi connectivity index (χ4v) is 5.38. The highest BCUT2D eigenvalue weighted by atomic mass is 32.1. The van der Waals surface area contributed by atoms with Crippen molar-refractivity contribution in [3.05, 3.63) is 47.9 Å². The monoisotopic (exact) mass is 407 g/mol. The van der Waals surface area contributed by atoms with Crippen LogP contribution in [0.15, 0.2) is 36.5 Å². The Morgan fingerprint density at radius 3 is 3.00 bits per heavy atom. The second-order valence-corrected chi connectivity index (χ2v) is 9.03. The summed E-state index contributed by atoms with van der Waals surface area (Å²) in [5.74, 6) is 1.22. The second kappa shape index (κ2) is 7.72. The molecule has 6 nitrogen and oxygen atoms in total. The van der Waals surface area contributed by atoms with Crippen molar-refractivity contribution >= 4 is 37.8 Å². The number of aromatic nitrogens is 4. The molecule has 1 fully saturated rings. The summed E-state index contributed by atoms with van der Waals surface area (Å²) < 4.78 is 1.17. The first kappa shape index (κ1) is 18.5. The van der Waals surface area contributed by atoms with Crippen LogP contribution in [0.4, 0.5) is 5.13 Å². The number of rotatable bonds is 5. The van der Waals surface area contributed by atoms with E-state index in [0.29, 0.717) is 12.0 Å². The van der Waals surface area contributed by atoms with Crippen LogP contribution in [-0.4, -0.2) is 37.2 Å². The van der Waals surface area contributed by atoms with Gasteiger partial charge in [-0.05, 0) is 49.6 Å². The van der Waals surface area contributed by atoms with Gasteiger partial charge in [0.2, 0.25) is 0 Å². The predicted molar refractivity (Wildman–Crippen MR) is 117 cm³/mol. The van der Waals surface area contributed by atoms with Crippen LogP contribution >= 0.6 is 11.3 Å². The van der Waals surface area contributed by atoms with Crippen molar-refractivity contribution in [1.82, 2.24) is 19.9 Å². The summed E-state index contributed by atoms with van der Waals surface area (Å²) in [5, 5.41) is 14.7. The van der Waals surface area contributed by atoms with E-state index in [0.717, 1.165) is 46.9 Å². The highest BCUT2D eigenvalue weighted by Gasteiger charge is 2.29. The smallest absolute Gasteiger partial charge is 0.184 e. The summed E-state index contributed by atoms with van der Waals surface area (Å²) in [5.41, 5.74) is 3.93. The van der Waals surface area contributed by atoms with Gasteiger partial charge in [-0.1, -0.05) is 30.2 Å². The Balaban J connectivity index is 1.35. The average molecular weight is 408 g/mol. The Morgan fingerprint density at radius 1 is 1.24 bits per heavy atom. The van der Waals surface area contributed by atoms with Gasteiger partial charge in [-0.15, -0.1) is 0 Å². The van der Waals surface area contributed by atoms with Crippen LogP contribution in [-0.2, 0) is 6.42 Å². The lowest BCUT2D eigenvalue weighted by Gasteiger charge is -2.33. The highest BCUT2D eigenvalue weighted by Crippen LogP contribution is 2.33. The fourth-order valence-electron chi connectivity index (χ4n) is 4.39. The quantitative estimate of drug-likeness (QED) is 0.453. The van der Waals surface area contributed by atoms with Gasteiger partial charge in [-0.25, -0.2) is 15.0 Å². The molecular weight excluding hydrogens is 382 g/mol. The van der Waals surface area contributed by atoms with Crippen molar-refractivity contribution in [3.63, 3.8) is 0 Å². The zero-order valence-electron chi connectivity index (χ0n) is 16.4. The van der Waals surface area contributed by atoms with Crippen molar-refractivity contribution in [3.8, 4) is 0 Å². The normalized spacial score (nSPS) is 20.9. The number of nitrogens with one attached hydrogen (secondary N) is 2. The van der Waals surface area contributed by atoms with Crippen molar-refractivity contribution in [2.45, 2.75) is 51.2 Å². The van der Waals surface area contributed by atoms with Crippen LogP contribution in [0.3, 0.4) is 0 Å². The first-order valence-electron chi connectivity index (χ1n) is 10.3. The maximum absolute atomic E-state index is 10.1. The molecular formula is C22H25N5OS. The first-order chi connectivity index (χ1) is 14.2. The zero-order chi connectivity index (χ0) is 19.8. The Morgan fingerprint density at radius 2 is 2.14 bits per heavy atom. The van der Waals surface area contributed by atoms with Crippen LogP contribution in [0, 0.1) is 5.92 Å². The van der Waals surface area contributed by atoms with E-state index in [2.05, 4.69) is 38.5 Å². The highest BCUT2D eigenvalue weighted by molar-refractivity contribution is 7.22. The van der Waals surface area contributed by atoms with Crippen LogP contribution in [0.5, 0.6) is 0 Å². The number of aliphatic hydroxyl groups is 1. The van der Waals surface area contributed by atoms with Crippen LogP contribution in [0.25, 0.3) is 21.4 Å². The molecule has 0 spiro atoms. The average Bonchev–Trinajstić information content (AvgIpc) is 3.30. The van der Waals surface area contributed by atoms with Gasteiger partial charge in [0.1, 0.15) is 5.82 Å². The maximum Gasteiger partial charge on any atom is 0.184 e. The molecule has 1 aliphatic rings. The number of imidazole rings is 1. The molecule has 0 bridgehead atoms. The minimum Gasteiger partial charge on any atom is -0.393 e. The summed E-state index contributed by atoms with van der Waals surface area (Å²) in [6, 6.07) is 10.6. The number of pyridine rings is 1. The Hall–Kier alpha value is -2.51. The number of benzene rings is 1. The zero-order valence-corrected chi connectivity index (χ0v) is 17.2. The van der Waals surface area contributed by atoms with Gasteiger partial charge in [0.25, 0.3) is 0 Å². The van der Waals surface area contributed by atoms with Crippen molar-refractivity contribution in [1.29, 1.82) is 0 Å². The molecule has 3 heterocycles. The molecule has 3 unspecified atom stereocenters. The largest absolute Gasteiger partial charge is 0.393 e. The Labute approximate surface area is 173 Å². The molecule has 4 aromatic rings. The number of hydrogen-bond acceptors (Lipinski definition) is 6. The summed E-state index contributed by atoms with van der Waals surface area (Å²) in [7, 11) is 0. The third-order valence-corrected chi connectivity index (χ3v) is 6.83. The van der Waals surface area contributed by atoms with Gasteiger partial charge in [0, 0.05) is 24.6 Å². The molecule has 150 valence electrons. The van der Waals surface area contributed by atoms with E-state index in [1.165, 1.54) is 23.1 Å². The summed E-state index contributed by atoms with van der Waals surface area (Å²) in [4.78, 5) is 17.0. The number of aromatic amines is 1. The number of aliphatic hydroxyl groups excluding tert-OH is 1. The third kappa shape index (κ3) is 3.84. The minimum absolute atomic E-state index is 0.285. The molecule has 1 saturated carbocycles. The van der Waals surface area contributed by atoms with Gasteiger partial charge in [0.15, 0.2) is 10.8 Å². The molecule has 0 saturated heterocycles. The van der Waals surface area contributed by atoms with Gasteiger partial charge >= 0.3 is 0 Å². The molecule has 1 aromatic carbocycles. The molecule has 29 heavy (non-hydrogen) atoms. The van der Waals surface area contributed by atoms with Gasteiger partial charge in [-0.3, -0.25) is 0 Å². The van der Waals surface area contributed by atoms with E-state index in [9.17, 15) is 5.11 Å². The molecule has 3 atom stereocenters. The minimum atomic E-state index is -0.285. The van der Waals surface area contributed by atoms with Crippen molar-refractivity contribution < 1.29 is 5.11 Å². The summed E-state index contributed by atoms with van der Waals surface area (Å²) >= 11 is 1.69. The van der Waals surface area contributed by atoms with Crippen LogP contribution < -0.4 is 5.32 Å². The SMILES string of the molecule is CC(O)C1CCCCC1Nc1nc2ccc(Cc3nc4ncccc4[nH]3)cc2s1. The molecule has 7 heteroatoms. The number of hydrogen-bond donors (Lipinski definition) is 3. The lowest BCUT2D eigenvalue weighted by atomic mass is 9.81. The van der Waals surface area contributed by atoms with Crippen molar-refractivity contribution in [2.75, 3.05) is 5.32 Å². The predicted octanol–water partition coefficient (Wildman–Crippen LogP) is 4.51. The van der Waals surface area contributed by atoms with E-state index in [1.54, 1.807) is 17.5 Å². The number of thiazole rings is 1. The first-order valence-corrected chi connectivity index (χ1v) is 11.1. The number of nitrogens with zero attached hydrogens (tertiary/aromatic N) is 3. The Kier molecular flexibility index (Phi) is 4.93. The van der Waals surface area contributed by atoms with E-state index in [-0.39, 0.29) is 6.10 Å². The fraction of sp³-hybridized carbons (Fsp3) is 0.409. The lowest BCUT2D eigenvalue weighted by molar-refractivity contribution is 0.0928. The molecule has 5 rings (SSSR count). The molecule has 3 N–H and O–H groups in total. The Bertz CT molecular complexity index is 1100. The van der Waals surface area contributed by atoms with Gasteiger partial charge < -0.3 is 15.4 Å². The molecule has 3 aromatic heterocycles. The molecule has 1 aliphatic carbocycles. The van der Waals surface area contributed by atoms with Gasteiger partial charge in [-0.2, -0.15) is 0 Å². The number of fused-ring (bicyclic) bond motifs is 2. The van der Waals surface area contributed by atoms with Crippen LogP contribution in [0.2, 0.25) is 0 Å². The standard InChI is InChI=1S/C22H25N5OS/c1-13(28)15-5-2-3-6-16(15)25-22-26-17-9-8-14(11-19(17)29-22)12-20-24-18-7-4-10-23-21(18)27-20/h4,7-11,13,15-16,28H,2-3,5-6,12H2,1H3,(H,25,26)(H,23,24,27). The molecule has 0 aliphatic heterocycles. The summed E-state index contributed by atoms with van der Waals surface area (Å²) in [6.45, 7) is 1.91. The third-order valence-electron chi connectivity index (χ3n) is 5.88. The molecule has 0 amide bonds. The summed E-state index contributed by atoms with van der Waals surface area (Å²) in [6.07, 6.45) is 6.80. The van der Waals surface area contributed by atoms with E-state index < -0.39 is 0 Å². The number of H-pyrrole nitrogens is 1. The second-order valence-electron chi connectivity index (χ2n) is 8.00. The topological polar surface area (TPSA) is 86.7 Å².